The molecule has 1 aliphatic carbocycles. The first kappa shape index (κ1) is 16.9. The first-order valence-electron chi connectivity index (χ1n) is 9.36. The molecule has 1 amide bonds. The molecule has 0 radical (unpaired) electrons. The topological polar surface area (TPSA) is 58.1 Å². The van der Waals surface area contributed by atoms with Crippen LogP contribution < -0.4 is 10.2 Å². The van der Waals surface area contributed by atoms with Crippen molar-refractivity contribution in [2.75, 3.05) is 23.3 Å². The summed E-state index contributed by atoms with van der Waals surface area (Å²) in [5.41, 5.74) is 2.32. The lowest BCUT2D eigenvalue weighted by Gasteiger charge is -2.28. The van der Waals surface area contributed by atoms with Crippen molar-refractivity contribution < 1.29 is 9.18 Å². The number of carbonyl (C=O) groups excluding carboxylic acids is 1. The van der Waals surface area contributed by atoms with Gasteiger partial charge in [0.25, 0.3) is 0 Å². The third kappa shape index (κ3) is 3.54. The second-order valence-electron chi connectivity index (χ2n) is 7.10. The first-order valence-corrected chi connectivity index (χ1v) is 9.36. The van der Waals surface area contributed by atoms with E-state index in [9.17, 15) is 9.18 Å². The van der Waals surface area contributed by atoms with Gasteiger partial charge in [0.15, 0.2) is 0 Å². The molecule has 0 unspecified atom stereocenters. The van der Waals surface area contributed by atoms with Crippen molar-refractivity contribution in [2.45, 2.75) is 38.5 Å². The van der Waals surface area contributed by atoms with Crippen LogP contribution in [0, 0.1) is 11.7 Å². The largest absolute Gasteiger partial charge is 0.341 e. The van der Waals surface area contributed by atoms with Crippen LogP contribution in [0.3, 0.4) is 0 Å². The highest BCUT2D eigenvalue weighted by Gasteiger charge is 2.27. The molecule has 2 aromatic rings. The van der Waals surface area contributed by atoms with Gasteiger partial charge in [0.05, 0.1) is 5.69 Å². The highest BCUT2D eigenvalue weighted by molar-refractivity contribution is 5.93. The minimum Gasteiger partial charge on any atom is -0.341 e. The average Bonchev–Trinajstić information content (AvgIpc) is 2.69. The van der Waals surface area contributed by atoms with Crippen molar-refractivity contribution in [2.24, 2.45) is 5.92 Å². The Kier molecular flexibility index (Phi) is 4.82. The van der Waals surface area contributed by atoms with Gasteiger partial charge in [-0.15, -0.1) is 0 Å². The quantitative estimate of drug-likeness (QED) is 0.918. The minimum absolute atomic E-state index is 0.138. The zero-order valence-corrected chi connectivity index (χ0v) is 14.7. The summed E-state index contributed by atoms with van der Waals surface area (Å²) in [6.45, 7) is 2.04. The smallest absolute Gasteiger partial charge is 0.227 e. The molecule has 0 bridgehead atoms. The molecule has 0 spiro atoms. The van der Waals surface area contributed by atoms with E-state index < -0.39 is 5.82 Å². The lowest BCUT2D eigenvalue weighted by Crippen LogP contribution is -2.32. The van der Waals surface area contributed by atoms with E-state index in [2.05, 4.69) is 15.2 Å². The number of aromatic nitrogens is 2. The van der Waals surface area contributed by atoms with Crippen LogP contribution in [0.2, 0.25) is 0 Å². The second kappa shape index (κ2) is 7.40. The molecule has 1 aliphatic heterocycles. The summed E-state index contributed by atoms with van der Waals surface area (Å²) in [6.07, 6.45) is 7.63. The van der Waals surface area contributed by atoms with Gasteiger partial charge in [-0.1, -0.05) is 12.1 Å². The molecule has 26 heavy (non-hydrogen) atoms. The molecule has 1 fully saturated rings. The van der Waals surface area contributed by atoms with Gasteiger partial charge in [0.2, 0.25) is 11.9 Å². The van der Waals surface area contributed by atoms with Crippen LogP contribution in [0.25, 0.3) is 0 Å². The van der Waals surface area contributed by atoms with E-state index >= 15 is 0 Å². The molecule has 4 rings (SSSR count). The number of benzene rings is 1. The number of amides is 1. The molecule has 2 heterocycles. The Morgan fingerprint density at radius 2 is 2.00 bits per heavy atom. The third-order valence-electron chi connectivity index (χ3n) is 5.28. The maximum Gasteiger partial charge on any atom is 0.227 e. The Balaban J connectivity index is 1.44. The van der Waals surface area contributed by atoms with Gasteiger partial charge >= 0.3 is 0 Å². The molecule has 6 heteroatoms. The minimum atomic E-state index is -0.411. The number of nitrogens with zero attached hydrogens (tertiary/aromatic N) is 3. The summed E-state index contributed by atoms with van der Waals surface area (Å²) >= 11 is 0. The van der Waals surface area contributed by atoms with Gasteiger partial charge < -0.3 is 10.2 Å². The van der Waals surface area contributed by atoms with E-state index in [4.69, 9.17) is 4.98 Å². The van der Waals surface area contributed by atoms with E-state index in [1.165, 1.54) is 25.3 Å². The second-order valence-corrected chi connectivity index (χ2v) is 7.10. The van der Waals surface area contributed by atoms with Crippen LogP contribution in [0.1, 0.15) is 36.9 Å². The maximum absolute atomic E-state index is 13.7. The summed E-state index contributed by atoms with van der Waals surface area (Å²) in [5, 5.41) is 2.71. The summed E-state index contributed by atoms with van der Waals surface area (Å²) in [6, 6.07) is 6.25. The van der Waals surface area contributed by atoms with Gasteiger partial charge in [-0.3, -0.25) is 4.79 Å². The molecule has 1 saturated heterocycles. The first-order chi connectivity index (χ1) is 12.7. The highest BCUT2D eigenvalue weighted by atomic mass is 19.1. The van der Waals surface area contributed by atoms with Crippen molar-refractivity contribution in [1.29, 1.82) is 0 Å². The van der Waals surface area contributed by atoms with Crippen LogP contribution in [-0.4, -0.2) is 29.0 Å². The molecule has 5 nitrogen and oxygen atoms in total. The zero-order chi connectivity index (χ0) is 17.9. The van der Waals surface area contributed by atoms with Crippen LogP contribution in [0.4, 0.5) is 16.0 Å². The number of carbonyl (C=O) groups is 1. The van der Waals surface area contributed by atoms with Crippen molar-refractivity contribution in [1.82, 2.24) is 9.97 Å². The van der Waals surface area contributed by atoms with Gasteiger partial charge in [-0.25, -0.2) is 14.4 Å². The third-order valence-corrected chi connectivity index (χ3v) is 5.28. The van der Waals surface area contributed by atoms with E-state index in [1.54, 1.807) is 18.2 Å². The number of piperidine rings is 1. The summed E-state index contributed by atoms with van der Waals surface area (Å²) in [7, 11) is 0. The lowest BCUT2D eigenvalue weighted by atomic mass is 9.86. The molecular weight excluding hydrogens is 331 g/mol. The number of anilines is 2. The maximum atomic E-state index is 13.7. The Morgan fingerprint density at radius 3 is 2.81 bits per heavy atom. The summed E-state index contributed by atoms with van der Waals surface area (Å²) in [5.74, 6) is 0.0941. The number of hydrogen-bond acceptors (Lipinski definition) is 4. The SMILES string of the molecule is O=C(Nc1ccccc1F)[C@@H]1CCc2nc(N3CCCCC3)ncc2C1. The number of nitrogens with one attached hydrogen (secondary N) is 1. The van der Waals surface area contributed by atoms with E-state index in [1.807, 2.05) is 6.20 Å². The van der Waals surface area contributed by atoms with Gasteiger partial charge in [0.1, 0.15) is 5.82 Å². The van der Waals surface area contributed by atoms with Crippen LogP contribution in [0.15, 0.2) is 30.5 Å². The molecule has 1 N–H and O–H groups in total. The van der Waals surface area contributed by atoms with Crippen molar-refractivity contribution >= 4 is 17.5 Å². The Morgan fingerprint density at radius 1 is 1.19 bits per heavy atom. The Bertz CT molecular complexity index is 804. The monoisotopic (exact) mass is 354 g/mol. The number of halogens is 1. The lowest BCUT2D eigenvalue weighted by molar-refractivity contribution is -0.120. The van der Waals surface area contributed by atoms with Gasteiger partial charge in [-0.05, 0) is 56.2 Å². The molecule has 1 aromatic carbocycles. The van der Waals surface area contributed by atoms with Crippen molar-refractivity contribution in [3.05, 3.63) is 47.5 Å². The van der Waals surface area contributed by atoms with Crippen LogP contribution in [-0.2, 0) is 17.6 Å². The molecule has 1 aromatic heterocycles. The fourth-order valence-corrected chi connectivity index (χ4v) is 3.76. The summed E-state index contributed by atoms with van der Waals surface area (Å²) < 4.78 is 13.7. The molecule has 136 valence electrons. The van der Waals surface area contributed by atoms with Crippen LogP contribution >= 0.6 is 0 Å². The standard InChI is InChI=1S/C20H23FN4O/c21-16-6-2-3-7-18(16)23-19(26)14-8-9-17-15(12-14)13-22-20(24-17)25-10-4-1-5-11-25/h2-3,6-7,13-14H,1,4-5,8-12H2,(H,23,26)/t14-/m1/s1. The average molecular weight is 354 g/mol. The van der Waals surface area contributed by atoms with Gasteiger partial charge in [-0.2, -0.15) is 0 Å². The number of fused-ring (bicyclic) bond motifs is 1. The number of hydrogen-bond donors (Lipinski definition) is 1. The molecule has 2 aliphatic rings. The van der Waals surface area contributed by atoms with E-state index in [-0.39, 0.29) is 17.5 Å². The Labute approximate surface area is 152 Å². The van der Waals surface area contributed by atoms with Crippen molar-refractivity contribution in [3.63, 3.8) is 0 Å². The molecule has 1 atom stereocenters. The number of aryl methyl sites for hydroxylation is 1. The van der Waals surface area contributed by atoms with Crippen molar-refractivity contribution in [3.8, 4) is 0 Å². The zero-order valence-electron chi connectivity index (χ0n) is 14.7. The molecule has 0 saturated carbocycles. The predicted molar refractivity (Wildman–Crippen MR) is 98.6 cm³/mol. The van der Waals surface area contributed by atoms with E-state index in [0.717, 1.165) is 43.1 Å². The normalized spacial score (nSPS) is 19.7. The fourth-order valence-electron chi connectivity index (χ4n) is 3.76. The number of para-hydroxylation sites is 1. The van der Waals surface area contributed by atoms with Gasteiger partial charge in [0, 0.05) is 30.9 Å². The Hall–Kier alpha value is -2.50. The summed E-state index contributed by atoms with van der Waals surface area (Å²) in [4.78, 5) is 24.1. The van der Waals surface area contributed by atoms with Crippen LogP contribution in [0.5, 0.6) is 0 Å². The fraction of sp³-hybridized carbons (Fsp3) is 0.450. The highest BCUT2D eigenvalue weighted by Crippen LogP contribution is 2.27. The number of rotatable bonds is 3. The van der Waals surface area contributed by atoms with E-state index in [0.29, 0.717) is 6.42 Å². The predicted octanol–water partition coefficient (Wildman–Crippen LogP) is 3.35. The molecular formula is C20H23FN4O.